The van der Waals surface area contributed by atoms with Crippen molar-refractivity contribution in [2.45, 2.75) is 36.5 Å². The van der Waals surface area contributed by atoms with Gasteiger partial charge in [-0.1, -0.05) is 83.6 Å². The van der Waals surface area contributed by atoms with E-state index in [9.17, 15) is 14.7 Å². The van der Waals surface area contributed by atoms with Crippen molar-refractivity contribution in [3.63, 3.8) is 0 Å². The Balaban J connectivity index is 0.000000218. The van der Waals surface area contributed by atoms with Gasteiger partial charge in [0.15, 0.2) is 0 Å². The number of benzene rings is 3. The third-order valence-corrected chi connectivity index (χ3v) is 7.85. The minimum absolute atomic E-state index is 0. The molecule has 0 saturated heterocycles. The molecule has 0 saturated carbocycles. The number of carbonyl (C=O) groups is 2. The summed E-state index contributed by atoms with van der Waals surface area (Å²) < 4.78 is 0. The first-order valence-electron chi connectivity index (χ1n) is 12.8. The summed E-state index contributed by atoms with van der Waals surface area (Å²) in [7, 11) is 4.21. The Bertz CT molecular complexity index is 1520. The number of carbonyl (C=O) groups excluding carboxylic acids is 2. The number of Topliss-reactive ketones (excluding diaryl/α,β-unsaturated/α-hetero) is 2. The Morgan fingerprint density at radius 3 is 2.17 bits per heavy atom. The van der Waals surface area contributed by atoms with Gasteiger partial charge in [-0.05, 0) is 81.7 Å². The van der Waals surface area contributed by atoms with Crippen LogP contribution in [0.25, 0.3) is 11.3 Å². The molecule has 5 rings (SSSR count). The van der Waals surface area contributed by atoms with Gasteiger partial charge >= 0.3 is 0 Å². The lowest BCUT2D eigenvalue weighted by atomic mass is 9.87. The van der Waals surface area contributed by atoms with Crippen LogP contribution in [-0.4, -0.2) is 42.2 Å². The Kier molecular flexibility index (Phi) is 11.0. The predicted octanol–water partition coefficient (Wildman–Crippen LogP) is 8.69. The minimum atomic E-state index is -0.608. The molecule has 0 amide bonds. The molecule has 1 aliphatic heterocycles. The molecule has 7 heteroatoms. The summed E-state index contributed by atoms with van der Waals surface area (Å²) in [5, 5.41) is 10.9. The summed E-state index contributed by atoms with van der Waals surface area (Å²) in [6.07, 6.45) is 5.48. The number of fused-ring (bicyclic) bond motifs is 3. The van der Waals surface area contributed by atoms with Gasteiger partial charge in [-0.15, -0.1) is 12.4 Å². The molecule has 0 unspecified atom stereocenters. The van der Waals surface area contributed by atoms with Crippen molar-refractivity contribution in [2.75, 3.05) is 20.6 Å². The molecular weight excluding hydrogens is 561 g/mol. The number of rotatable bonds is 5. The van der Waals surface area contributed by atoms with Crippen LogP contribution in [0, 0.1) is 0 Å². The van der Waals surface area contributed by atoms with Crippen molar-refractivity contribution in [1.29, 1.82) is 0 Å². The van der Waals surface area contributed by atoms with Gasteiger partial charge in [0.25, 0.3) is 0 Å². The molecular formula is C33H33Cl2NO3S. The second-order valence-electron chi connectivity index (χ2n) is 9.97. The highest BCUT2D eigenvalue weighted by atomic mass is 35.5. The molecule has 1 heterocycles. The zero-order valence-electron chi connectivity index (χ0n) is 23.0. The molecule has 3 aromatic carbocycles. The van der Waals surface area contributed by atoms with E-state index in [1.165, 1.54) is 26.5 Å². The van der Waals surface area contributed by atoms with Crippen LogP contribution in [0.15, 0.2) is 99.8 Å². The van der Waals surface area contributed by atoms with Crippen molar-refractivity contribution in [3.05, 3.63) is 117 Å². The number of hydrogen-bond donors (Lipinski definition) is 1. The molecule has 0 spiro atoms. The monoisotopic (exact) mass is 593 g/mol. The molecule has 0 aromatic heterocycles. The van der Waals surface area contributed by atoms with Crippen molar-refractivity contribution in [1.82, 2.24) is 4.90 Å². The lowest BCUT2D eigenvalue weighted by molar-refractivity contribution is -0.112. The van der Waals surface area contributed by atoms with E-state index in [0.29, 0.717) is 5.56 Å². The van der Waals surface area contributed by atoms with E-state index < -0.39 is 11.6 Å². The van der Waals surface area contributed by atoms with Gasteiger partial charge in [0, 0.05) is 38.1 Å². The number of halogens is 2. The van der Waals surface area contributed by atoms with Crippen LogP contribution < -0.4 is 0 Å². The van der Waals surface area contributed by atoms with E-state index >= 15 is 0 Å². The summed E-state index contributed by atoms with van der Waals surface area (Å²) in [5.41, 5.74) is 5.82. The van der Waals surface area contributed by atoms with E-state index in [4.69, 9.17) is 11.6 Å². The van der Waals surface area contributed by atoms with Crippen LogP contribution >= 0.6 is 35.8 Å². The normalized spacial score (nSPS) is 14.5. The van der Waals surface area contributed by atoms with Crippen LogP contribution in [0.5, 0.6) is 0 Å². The van der Waals surface area contributed by atoms with Crippen LogP contribution in [0.2, 0.25) is 5.02 Å². The lowest BCUT2D eigenvalue weighted by Gasteiger charge is -2.22. The summed E-state index contributed by atoms with van der Waals surface area (Å²) >= 11 is 8.03. The van der Waals surface area contributed by atoms with Crippen molar-refractivity contribution in [2.24, 2.45) is 0 Å². The van der Waals surface area contributed by atoms with Gasteiger partial charge in [0.2, 0.25) is 11.6 Å². The maximum absolute atomic E-state index is 11.9. The van der Waals surface area contributed by atoms with Crippen molar-refractivity contribution >= 4 is 58.7 Å². The maximum atomic E-state index is 11.9. The largest absolute Gasteiger partial charge is 0.507 e. The Morgan fingerprint density at radius 2 is 1.50 bits per heavy atom. The van der Waals surface area contributed by atoms with E-state index in [1.807, 2.05) is 37.8 Å². The van der Waals surface area contributed by atoms with Crippen molar-refractivity contribution < 1.29 is 14.7 Å². The zero-order chi connectivity index (χ0) is 28.1. The molecule has 1 N–H and O–H groups in total. The third kappa shape index (κ3) is 7.15. The first kappa shape index (κ1) is 31.4. The number of ketones is 2. The van der Waals surface area contributed by atoms with Gasteiger partial charge in [-0.2, -0.15) is 0 Å². The summed E-state index contributed by atoms with van der Waals surface area (Å²) in [6, 6.07) is 21.4. The highest BCUT2D eigenvalue weighted by Gasteiger charge is 2.31. The average molecular weight is 595 g/mol. The molecule has 3 aromatic rings. The number of allylic oxidation sites excluding steroid dienone is 3. The molecule has 2 aliphatic rings. The van der Waals surface area contributed by atoms with Crippen LogP contribution in [0.3, 0.4) is 0 Å². The van der Waals surface area contributed by atoms with Gasteiger partial charge in [-0.3, -0.25) is 9.59 Å². The van der Waals surface area contributed by atoms with E-state index in [2.05, 4.69) is 61.5 Å². The lowest BCUT2D eigenvalue weighted by Crippen LogP contribution is -2.23. The second kappa shape index (κ2) is 14.0. The number of hydrogen-bond acceptors (Lipinski definition) is 5. The van der Waals surface area contributed by atoms with Gasteiger partial charge < -0.3 is 10.0 Å². The Hall–Kier alpha value is -3.09. The Morgan fingerprint density at radius 1 is 0.875 bits per heavy atom. The molecule has 40 heavy (non-hydrogen) atoms. The first-order chi connectivity index (χ1) is 18.7. The molecule has 0 atom stereocenters. The highest BCUT2D eigenvalue weighted by Crippen LogP contribution is 2.46. The van der Waals surface area contributed by atoms with Gasteiger partial charge in [0.05, 0.1) is 0 Å². The summed E-state index contributed by atoms with van der Waals surface area (Å²) in [4.78, 5) is 28.6. The number of aliphatic hydroxyl groups excluding tert-OH is 1. The molecule has 4 nitrogen and oxygen atoms in total. The first-order valence-corrected chi connectivity index (χ1v) is 14.0. The number of nitrogens with zero attached hydrogens (tertiary/aromatic N) is 1. The fraction of sp³-hybridized carbons (Fsp3) is 0.212. The predicted molar refractivity (Wildman–Crippen MR) is 169 cm³/mol. The molecule has 0 fully saturated rings. The van der Waals surface area contributed by atoms with Crippen LogP contribution in [-0.2, 0) is 4.79 Å². The zero-order valence-corrected chi connectivity index (χ0v) is 25.4. The SMILES string of the molecule is CC(C)=CCC1=C(O)c2ccccc2C(=O)C1=O.CN(C)CCC=C1c2ccccc2Sc2ccc(Cl)cc21.Cl. The molecule has 1 aliphatic carbocycles. The molecule has 0 bridgehead atoms. The quantitative estimate of drug-likeness (QED) is 0.185. The minimum Gasteiger partial charge on any atom is -0.507 e. The fourth-order valence-electron chi connectivity index (χ4n) is 4.44. The standard InChI is InChI=1S/C18H18ClNS.C15H14O3.ClH/c1-20(2)11-5-7-14-15-6-3-4-8-17(15)21-18-10-9-13(19)12-16(14)18;1-9(2)7-8-12-13(16)10-5-3-4-6-11(10)14(17)15(12)18;/h3-4,6-10,12H,5,11H2,1-2H3;3-7,16H,8H2,1-2H3;1H. The van der Waals surface area contributed by atoms with Crippen LogP contribution in [0.4, 0.5) is 0 Å². The van der Waals surface area contributed by atoms with E-state index in [0.717, 1.165) is 23.6 Å². The average Bonchev–Trinajstić information content (AvgIpc) is 2.91. The van der Waals surface area contributed by atoms with Gasteiger partial charge in [0.1, 0.15) is 5.76 Å². The Labute approximate surface area is 251 Å². The third-order valence-electron chi connectivity index (χ3n) is 6.46. The van der Waals surface area contributed by atoms with Gasteiger partial charge in [-0.25, -0.2) is 0 Å². The topological polar surface area (TPSA) is 57.6 Å². The van der Waals surface area contributed by atoms with Crippen LogP contribution in [0.1, 0.15) is 53.7 Å². The fourth-order valence-corrected chi connectivity index (χ4v) is 5.70. The molecule has 0 radical (unpaired) electrons. The molecule has 208 valence electrons. The van der Waals surface area contributed by atoms with Crippen molar-refractivity contribution in [3.8, 4) is 0 Å². The second-order valence-corrected chi connectivity index (χ2v) is 11.5. The van der Waals surface area contributed by atoms with E-state index in [-0.39, 0.29) is 35.7 Å². The summed E-state index contributed by atoms with van der Waals surface area (Å²) in [6.45, 7) is 4.86. The number of aliphatic hydroxyl groups is 1. The summed E-state index contributed by atoms with van der Waals surface area (Å²) in [5.74, 6) is -1.23. The maximum Gasteiger partial charge on any atom is 0.234 e. The highest BCUT2D eigenvalue weighted by molar-refractivity contribution is 7.99. The van der Waals surface area contributed by atoms with E-state index in [1.54, 1.807) is 24.3 Å². The smallest absolute Gasteiger partial charge is 0.234 e.